The van der Waals surface area contributed by atoms with E-state index in [0.717, 1.165) is 44.8 Å². The zero-order valence-electron chi connectivity index (χ0n) is 17.7. The number of benzene rings is 1. The summed E-state index contributed by atoms with van der Waals surface area (Å²) in [6.45, 7) is 6.63. The fourth-order valence-electron chi connectivity index (χ4n) is 3.94. The van der Waals surface area contributed by atoms with E-state index in [-0.39, 0.29) is 33.9 Å². The minimum atomic E-state index is -0.317. The maximum atomic E-state index is 13.1. The van der Waals surface area contributed by atoms with Gasteiger partial charge in [-0.25, -0.2) is 9.37 Å². The van der Waals surface area contributed by atoms with Crippen molar-refractivity contribution in [2.24, 2.45) is 7.05 Å². The Morgan fingerprint density at radius 3 is 2.61 bits per heavy atom. The Bertz CT molecular complexity index is 1130. The van der Waals surface area contributed by atoms with Gasteiger partial charge in [-0.05, 0) is 44.2 Å². The predicted molar refractivity (Wildman–Crippen MR) is 116 cm³/mol. The number of carbonyl (C=O) groups excluding carboxylic acids is 1. The van der Waals surface area contributed by atoms with Crippen LogP contribution in [-0.4, -0.2) is 59.6 Å². The fraction of sp³-hybridized carbons (Fsp3) is 0.409. The second-order valence-corrected chi connectivity index (χ2v) is 7.79. The summed E-state index contributed by atoms with van der Waals surface area (Å²) in [5, 5.41) is 3.12. The molecule has 0 bridgehead atoms. The van der Waals surface area contributed by atoms with Crippen LogP contribution in [0.1, 0.15) is 22.5 Å². The first-order valence-electron chi connectivity index (χ1n) is 10.4. The third-order valence-corrected chi connectivity index (χ3v) is 5.68. The monoisotopic (exact) mass is 427 g/mol. The van der Waals surface area contributed by atoms with Gasteiger partial charge in [0.15, 0.2) is 0 Å². The van der Waals surface area contributed by atoms with Crippen molar-refractivity contribution >= 4 is 22.7 Å². The van der Waals surface area contributed by atoms with E-state index in [0.29, 0.717) is 12.3 Å². The Labute approximate surface area is 179 Å². The maximum Gasteiger partial charge on any atom is 0.265 e. The number of aromatic nitrogens is 2. The topological polar surface area (TPSA) is 83.6 Å². The Morgan fingerprint density at radius 2 is 1.90 bits per heavy atom. The molecule has 8 nitrogen and oxygen atoms in total. The number of aryl methyl sites for hydroxylation is 2. The van der Waals surface area contributed by atoms with Gasteiger partial charge in [-0.1, -0.05) is 0 Å². The molecule has 1 fully saturated rings. The molecule has 0 atom stereocenters. The molecule has 9 heteroatoms. The molecular weight excluding hydrogens is 401 g/mol. The standard InChI is InChI=1S/C22H26FN5O3/c1-15-18(19-21(31-15)25-14-26(2)22(19)30)20(29)24-8-3-9-27-10-12-28(13-11-27)17-6-4-16(23)5-7-17/h4-7,14H,3,8-13H2,1-2H3,(H,24,29). The number of hydrogen-bond acceptors (Lipinski definition) is 6. The number of halogens is 1. The van der Waals surface area contributed by atoms with Crippen LogP contribution in [0.5, 0.6) is 0 Å². The molecule has 1 aromatic carbocycles. The summed E-state index contributed by atoms with van der Waals surface area (Å²) in [7, 11) is 1.59. The highest BCUT2D eigenvalue weighted by molar-refractivity contribution is 6.06. The van der Waals surface area contributed by atoms with Crippen LogP contribution in [0.3, 0.4) is 0 Å². The number of fused-ring (bicyclic) bond motifs is 1. The van der Waals surface area contributed by atoms with Gasteiger partial charge in [-0.15, -0.1) is 0 Å². The van der Waals surface area contributed by atoms with Crippen LogP contribution < -0.4 is 15.8 Å². The lowest BCUT2D eigenvalue weighted by Gasteiger charge is -2.36. The number of amides is 1. The van der Waals surface area contributed by atoms with Crippen molar-refractivity contribution in [1.82, 2.24) is 19.8 Å². The minimum Gasteiger partial charge on any atom is -0.442 e. The lowest BCUT2D eigenvalue weighted by atomic mass is 10.1. The van der Waals surface area contributed by atoms with Crippen molar-refractivity contribution in [2.45, 2.75) is 13.3 Å². The van der Waals surface area contributed by atoms with Crippen molar-refractivity contribution in [3.05, 3.63) is 58.1 Å². The number of anilines is 1. The quantitative estimate of drug-likeness (QED) is 0.605. The van der Waals surface area contributed by atoms with Crippen LogP contribution in [0, 0.1) is 12.7 Å². The van der Waals surface area contributed by atoms with E-state index < -0.39 is 0 Å². The molecule has 164 valence electrons. The van der Waals surface area contributed by atoms with E-state index in [1.165, 1.54) is 23.0 Å². The Balaban J connectivity index is 1.26. The van der Waals surface area contributed by atoms with Crippen LogP contribution in [0.4, 0.5) is 10.1 Å². The van der Waals surface area contributed by atoms with Crippen molar-refractivity contribution in [3.63, 3.8) is 0 Å². The van der Waals surface area contributed by atoms with Gasteiger partial charge in [-0.3, -0.25) is 14.5 Å². The molecule has 0 radical (unpaired) electrons. The van der Waals surface area contributed by atoms with Crippen LogP contribution in [0.2, 0.25) is 0 Å². The fourth-order valence-corrected chi connectivity index (χ4v) is 3.94. The number of nitrogens with zero attached hydrogens (tertiary/aromatic N) is 4. The van der Waals surface area contributed by atoms with Crippen LogP contribution in [0.15, 0.2) is 39.8 Å². The largest absolute Gasteiger partial charge is 0.442 e. The highest BCUT2D eigenvalue weighted by atomic mass is 19.1. The minimum absolute atomic E-state index is 0.185. The molecule has 1 aliphatic heterocycles. The Morgan fingerprint density at radius 1 is 1.19 bits per heavy atom. The summed E-state index contributed by atoms with van der Waals surface area (Å²) in [4.78, 5) is 33.8. The molecule has 0 spiro atoms. The average molecular weight is 427 g/mol. The van der Waals surface area contributed by atoms with Crippen molar-refractivity contribution < 1.29 is 13.6 Å². The summed E-state index contributed by atoms with van der Waals surface area (Å²) in [6, 6.07) is 6.60. The molecular formula is C22H26FN5O3. The average Bonchev–Trinajstić information content (AvgIpc) is 3.11. The highest BCUT2D eigenvalue weighted by Gasteiger charge is 2.22. The van der Waals surface area contributed by atoms with Gasteiger partial charge in [0.2, 0.25) is 5.71 Å². The van der Waals surface area contributed by atoms with E-state index in [1.54, 1.807) is 14.0 Å². The summed E-state index contributed by atoms with van der Waals surface area (Å²) in [5.41, 5.74) is 1.18. The first-order valence-corrected chi connectivity index (χ1v) is 10.4. The van der Waals surface area contributed by atoms with E-state index in [4.69, 9.17) is 4.42 Å². The van der Waals surface area contributed by atoms with E-state index in [9.17, 15) is 14.0 Å². The van der Waals surface area contributed by atoms with Gasteiger partial charge in [0.05, 0.1) is 5.56 Å². The number of carbonyl (C=O) groups is 1. The molecule has 1 amide bonds. The van der Waals surface area contributed by atoms with Crippen molar-refractivity contribution in [3.8, 4) is 0 Å². The van der Waals surface area contributed by atoms with Gasteiger partial charge < -0.3 is 19.2 Å². The van der Waals surface area contributed by atoms with Crippen LogP contribution in [0.25, 0.3) is 11.1 Å². The zero-order valence-corrected chi connectivity index (χ0v) is 17.7. The summed E-state index contributed by atoms with van der Waals surface area (Å²) in [5.74, 6) is -0.151. The molecule has 4 rings (SSSR count). The molecule has 1 saturated heterocycles. The molecule has 31 heavy (non-hydrogen) atoms. The molecule has 3 aromatic rings. The number of piperazine rings is 1. The molecule has 0 aliphatic carbocycles. The molecule has 1 aliphatic rings. The normalized spacial score (nSPS) is 14.9. The maximum absolute atomic E-state index is 13.1. The number of rotatable bonds is 6. The summed E-state index contributed by atoms with van der Waals surface area (Å²) >= 11 is 0. The van der Waals surface area contributed by atoms with E-state index >= 15 is 0 Å². The smallest absolute Gasteiger partial charge is 0.265 e. The lowest BCUT2D eigenvalue weighted by Crippen LogP contribution is -2.47. The first kappa shape index (κ1) is 21.0. The van der Waals surface area contributed by atoms with Gasteiger partial charge in [0.1, 0.15) is 23.3 Å². The number of hydrogen-bond donors (Lipinski definition) is 1. The number of nitrogens with one attached hydrogen (secondary N) is 1. The van der Waals surface area contributed by atoms with Crippen molar-refractivity contribution in [2.75, 3.05) is 44.2 Å². The molecule has 2 aromatic heterocycles. The van der Waals surface area contributed by atoms with Crippen molar-refractivity contribution in [1.29, 1.82) is 0 Å². The molecule has 3 heterocycles. The second-order valence-electron chi connectivity index (χ2n) is 7.79. The SMILES string of the molecule is Cc1oc2ncn(C)c(=O)c2c1C(=O)NCCCN1CCN(c2ccc(F)cc2)CC1. The molecule has 0 unspecified atom stereocenters. The summed E-state index contributed by atoms with van der Waals surface area (Å²) < 4.78 is 19.9. The van der Waals surface area contributed by atoms with Gasteiger partial charge in [0.25, 0.3) is 11.5 Å². The highest BCUT2D eigenvalue weighted by Crippen LogP contribution is 2.20. The van der Waals surface area contributed by atoms with Crippen LogP contribution >= 0.6 is 0 Å². The number of furan rings is 1. The second kappa shape index (κ2) is 8.89. The summed E-state index contributed by atoms with van der Waals surface area (Å²) in [6.07, 6.45) is 2.18. The van der Waals surface area contributed by atoms with E-state index in [1.807, 2.05) is 12.1 Å². The van der Waals surface area contributed by atoms with Gasteiger partial charge >= 0.3 is 0 Å². The van der Waals surface area contributed by atoms with Crippen LogP contribution in [-0.2, 0) is 7.05 Å². The Hall–Kier alpha value is -3.20. The van der Waals surface area contributed by atoms with Gasteiger partial charge in [0, 0.05) is 45.5 Å². The Kier molecular flexibility index (Phi) is 6.03. The lowest BCUT2D eigenvalue weighted by molar-refractivity contribution is 0.0951. The predicted octanol–water partition coefficient (Wildman–Crippen LogP) is 1.92. The van der Waals surface area contributed by atoms with Gasteiger partial charge in [-0.2, -0.15) is 0 Å². The van der Waals surface area contributed by atoms with E-state index in [2.05, 4.69) is 20.1 Å². The third-order valence-electron chi connectivity index (χ3n) is 5.68. The molecule has 1 N–H and O–H groups in total. The first-order chi connectivity index (χ1) is 14.9. The zero-order chi connectivity index (χ0) is 22.0. The third kappa shape index (κ3) is 4.46. The molecule has 0 saturated carbocycles.